The van der Waals surface area contributed by atoms with Crippen molar-refractivity contribution in [3.8, 4) is 0 Å². The highest BCUT2D eigenvalue weighted by atomic mass is 15.2. The summed E-state index contributed by atoms with van der Waals surface area (Å²) >= 11 is 0. The van der Waals surface area contributed by atoms with Crippen LogP contribution in [-0.2, 0) is 0 Å². The van der Waals surface area contributed by atoms with Crippen LogP contribution >= 0.6 is 0 Å². The zero-order valence-electron chi connectivity index (χ0n) is 18.8. The predicted octanol–water partition coefficient (Wildman–Crippen LogP) is 5.86. The SMILES string of the molecule is CN(CCCCCN1CCCCCC1)c1ccc([C@H]2CCC3CCCCN32)cc1. The molecule has 1 aromatic rings. The highest BCUT2D eigenvalue weighted by Gasteiger charge is 2.35. The Bertz CT molecular complexity index is 590. The van der Waals surface area contributed by atoms with E-state index in [1.54, 1.807) is 5.56 Å². The van der Waals surface area contributed by atoms with Crippen LogP contribution in [0.25, 0.3) is 0 Å². The quantitative estimate of drug-likeness (QED) is 0.509. The van der Waals surface area contributed by atoms with Crippen LogP contribution in [0, 0.1) is 0 Å². The normalized spacial score (nSPS) is 26.2. The van der Waals surface area contributed by atoms with Gasteiger partial charge in [0.05, 0.1) is 0 Å². The predicted molar refractivity (Wildman–Crippen MR) is 125 cm³/mol. The zero-order valence-corrected chi connectivity index (χ0v) is 18.8. The lowest BCUT2D eigenvalue weighted by atomic mass is 10.0. The number of benzene rings is 1. The van der Waals surface area contributed by atoms with Gasteiger partial charge in [-0.15, -0.1) is 0 Å². The smallest absolute Gasteiger partial charge is 0.0363 e. The molecule has 0 spiro atoms. The number of nitrogens with zero attached hydrogens (tertiary/aromatic N) is 3. The van der Waals surface area contributed by atoms with Crippen LogP contribution in [0.2, 0.25) is 0 Å². The van der Waals surface area contributed by atoms with Gasteiger partial charge in [-0.2, -0.15) is 0 Å². The fourth-order valence-electron chi connectivity index (χ4n) is 5.92. The molecule has 1 unspecified atom stereocenters. The van der Waals surface area contributed by atoms with Crippen LogP contribution in [0.4, 0.5) is 5.69 Å². The number of rotatable bonds is 8. The molecule has 3 heterocycles. The molecule has 4 rings (SSSR count). The van der Waals surface area contributed by atoms with Gasteiger partial charge in [-0.1, -0.05) is 37.8 Å². The topological polar surface area (TPSA) is 9.72 Å². The van der Waals surface area contributed by atoms with E-state index in [0.717, 1.165) is 6.04 Å². The summed E-state index contributed by atoms with van der Waals surface area (Å²) in [4.78, 5) is 7.95. The molecule has 3 aliphatic heterocycles. The minimum Gasteiger partial charge on any atom is -0.375 e. The first kappa shape index (κ1) is 21.2. The van der Waals surface area contributed by atoms with Gasteiger partial charge in [0.2, 0.25) is 0 Å². The minimum atomic E-state index is 0.679. The van der Waals surface area contributed by atoms with Crippen molar-refractivity contribution in [2.45, 2.75) is 89.1 Å². The molecule has 0 aliphatic carbocycles. The third-order valence-corrected chi connectivity index (χ3v) is 7.73. The summed E-state index contributed by atoms with van der Waals surface area (Å²) in [5, 5.41) is 0. The lowest BCUT2D eigenvalue weighted by molar-refractivity contribution is 0.150. The van der Waals surface area contributed by atoms with E-state index in [1.807, 2.05) is 0 Å². The number of unbranched alkanes of at least 4 members (excludes halogenated alkanes) is 2. The van der Waals surface area contributed by atoms with E-state index in [-0.39, 0.29) is 0 Å². The van der Waals surface area contributed by atoms with Gasteiger partial charge in [-0.05, 0) is 95.2 Å². The molecule has 2 atom stereocenters. The molecule has 0 N–H and O–H groups in total. The van der Waals surface area contributed by atoms with Crippen LogP contribution in [0.3, 0.4) is 0 Å². The highest BCUT2D eigenvalue weighted by Crippen LogP contribution is 2.40. The number of anilines is 1. The molecule has 3 saturated heterocycles. The van der Waals surface area contributed by atoms with Crippen molar-refractivity contribution in [3.63, 3.8) is 0 Å². The maximum Gasteiger partial charge on any atom is 0.0363 e. The fraction of sp³-hybridized carbons (Fsp3) is 0.769. The van der Waals surface area contributed by atoms with Crippen LogP contribution in [0.5, 0.6) is 0 Å². The molecule has 3 heteroatoms. The van der Waals surface area contributed by atoms with E-state index in [1.165, 1.54) is 115 Å². The van der Waals surface area contributed by atoms with Gasteiger partial charge in [0.25, 0.3) is 0 Å². The Kier molecular flexibility index (Phi) is 7.90. The second kappa shape index (κ2) is 10.8. The number of likely N-dealkylation sites (tertiary alicyclic amines) is 1. The van der Waals surface area contributed by atoms with Crippen molar-refractivity contribution in [1.29, 1.82) is 0 Å². The molecule has 29 heavy (non-hydrogen) atoms. The average molecular weight is 398 g/mol. The lowest BCUT2D eigenvalue weighted by Crippen LogP contribution is -2.35. The standard InChI is InChI=1S/C26H43N3/c1-27(18-6-4-9-21-28-19-7-2-3-8-20-28)24-14-12-23(13-15-24)26-17-16-25-11-5-10-22-29(25)26/h12-15,25-26H,2-11,16-22H2,1H3/t25?,26-/m1/s1. The molecule has 0 aromatic heterocycles. The molecule has 3 fully saturated rings. The van der Waals surface area contributed by atoms with Gasteiger partial charge in [0, 0.05) is 31.4 Å². The summed E-state index contributed by atoms with van der Waals surface area (Å²) < 4.78 is 0. The number of piperidine rings is 1. The van der Waals surface area contributed by atoms with Crippen molar-refractivity contribution in [2.24, 2.45) is 0 Å². The molecule has 0 bridgehead atoms. The van der Waals surface area contributed by atoms with Gasteiger partial charge in [-0.3, -0.25) is 4.90 Å². The Morgan fingerprint density at radius 3 is 2.34 bits per heavy atom. The van der Waals surface area contributed by atoms with Gasteiger partial charge >= 0.3 is 0 Å². The number of hydrogen-bond acceptors (Lipinski definition) is 3. The third kappa shape index (κ3) is 5.76. The molecule has 162 valence electrons. The third-order valence-electron chi connectivity index (χ3n) is 7.73. The van der Waals surface area contributed by atoms with E-state index in [2.05, 4.69) is 46.0 Å². The van der Waals surface area contributed by atoms with Crippen LogP contribution < -0.4 is 4.90 Å². The van der Waals surface area contributed by atoms with Crippen LogP contribution in [-0.4, -0.2) is 55.6 Å². The van der Waals surface area contributed by atoms with Crippen molar-refractivity contribution >= 4 is 5.69 Å². The van der Waals surface area contributed by atoms with Gasteiger partial charge in [0.1, 0.15) is 0 Å². The summed E-state index contributed by atoms with van der Waals surface area (Å²) in [7, 11) is 2.26. The first-order valence-electron chi connectivity index (χ1n) is 12.6. The van der Waals surface area contributed by atoms with E-state index in [4.69, 9.17) is 0 Å². The first-order valence-corrected chi connectivity index (χ1v) is 12.6. The monoisotopic (exact) mass is 397 g/mol. The lowest BCUT2D eigenvalue weighted by Gasteiger charge is -2.34. The molecular formula is C26H43N3. The van der Waals surface area contributed by atoms with Crippen molar-refractivity contribution in [1.82, 2.24) is 9.80 Å². The highest BCUT2D eigenvalue weighted by molar-refractivity contribution is 5.47. The molecular weight excluding hydrogens is 354 g/mol. The number of fused-ring (bicyclic) bond motifs is 1. The van der Waals surface area contributed by atoms with Gasteiger partial charge in [0.15, 0.2) is 0 Å². The molecule has 1 aromatic carbocycles. The summed E-state index contributed by atoms with van der Waals surface area (Å²) in [5.74, 6) is 0. The fourth-order valence-corrected chi connectivity index (χ4v) is 5.92. The summed E-state index contributed by atoms with van der Waals surface area (Å²) in [6.45, 7) is 6.49. The van der Waals surface area contributed by atoms with Crippen LogP contribution in [0.15, 0.2) is 24.3 Å². The van der Waals surface area contributed by atoms with E-state index in [9.17, 15) is 0 Å². The Morgan fingerprint density at radius 1 is 0.793 bits per heavy atom. The maximum atomic E-state index is 2.80. The van der Waals surface area contributed by atoms with Crippen molar-refractivity contribution in [2.75, 3.05) is 44.7 Å². The summed E-state index contributed by atoms with van der Waals surface area (Å²) in [6.07, 6.45) is 16.8. The maximum absolute atomic E-state index is 2.80. The first-order chi connectivity index (χ1) is 14.3. The minimum absolute atomic E-state index is 0.679. The molecule has 0 saturated carbocycles. The van der Waals surface area contributed by atoms with Crippen molar-refractivity contribution in [3.05, 3.63) is 29.8 Å². The zero-order chi connectivity index (χ0) is 19.9. The Balaban J connectivity index is 1.18. The molecule has 3 nitrogen and oxygen atoms in total. The van der Waals surface area contributed by atoms with Gasteiger partial charge < -0.3 is 9.80 Å². The Morgan fingerprint density at radius 2 is 1.55 bits per heavy atom. The van der Waals surface area contributed by atoms with E-state index < -0.39 is 0 Å². The van der Waals surface area contributed by atoms with E-state index in [0.29, 0.717) is 6.04 Å². The second-order valence-corrected chi connectivity index (χ2v) is 9.81. The van der Waals surface area contributed by atoms with Crippen molar-refractivity contribution < 1.29 is 0 Å². The van der Waals surface area contributed by atoms with Crippen LogP contribution in [0.1, 0.15) is 88.7 Å². The molecule has 3 aliphatic rings. The molecule has 0 radical (unpaired) electrons. The summed E-state index contributed by atoms with van der Waals surface area (Å²) in [6, 6.07) is 11.1. The summed E-state index contributed by atoms with van der Waals surface area (Å²) in [5.41, 5.74) is 2.93. The van der Waals surface area contributed by atoms with E-state index >= 15 is 0 Å². The van der Waals surface area contributed by atoms with Gasteiger partial charge in [-0.25, -0.2) is 0 Å². The largest absolute Gasteiger partial charge is 0.375 e. The number of hydrogen-bond donors (Lipinski definition) is 0. The second-order valence-electron chi connectivity index (χ2n) is 9.81. The average Bonchev–Trinajstić information content (AvgIpc) is 3.02. The molecule has 0 amide bonds. The Labute approximate surface area is 179 Å². The Hall–Kier alpha value is -1.06.